The molecule has 3 rings (SSSR count). The summed E-state index contributed by atoms with van der Waals surface area (Å²) in [7, 11) is 0. The molecule has 0 spiro atoms. The van der Waals surface area contributed by atoms with E-state index in [9.17, 15) is 4.79 Å². The van der Waals surface area contributed by atoms with Crippen LogP contribution in [0.25, 0.3) is 0 Å². The van der Waals surface area contributed by atoms with E-state index in [4.69, 9.17) is 10.7 Å². The molecule has 1 aliphatic rings. The maximum absolute atomic E-state index is 12.0. The number of aromatic nitrogens is 2. The van der Waals surface area contributed by atoms with E-state index >= 15 is 0 Å². The number of hydrogen-bond acceptors (Lipinski definition) is 6. The van der Waals surface area contributed by atoms with Gasteiger partial charge in [-0.15, -0.1) is 47.5 Å². The number of amides is 1. The normalized spacial score (nSPS) is 14.4. The summed E-state index contributed by atoms with van der Waals surface area (Å²) in [5.74, 6) is 0.512. The van der Waals surface area contributed by atoms with Gasteiger partial charge >= 0.3 is 0 Å². The predicted molar refractivity (Wildman–Crippen MR) is 108 cm³/mol. The number of nitrogens with one attached hydrogen (secondary N) is 1. The number of nitrogens with zero attached hydrogens (tertiary/aromatic N) is 2. The average molecular weight is 423 g/mol. The molecule has 0 bridgehead atoms. The lowest BCUT2D eigenvalue weighted by Crippen LogP contribution is -2.26. The Morgan fingerprint density at radius 3 is 2.52 bits per heavy atom. The maximum atomic E-state index is 12.0. The lowest BCUT2D eigenvalue weighted by Gasteiger charge is -2.19. The second-order valence-corrected chi connectivity index (χ2v) is 7.72. The van der Waals surface area contributed by atoms with Crippen molar-refractivity contribution in [2.75, 3.05) is 6.54 Å². The fourth-order valence-electron chi connectivity index (χ4n) is 2.91. The summed E-state index contributed by atoms with van der Waals surface area (Å²) in [6.45, 7) is 0.965. The molecule has 2 heterocycles. The van der Waals surface area contributed by atoms with Crippen molar-refractivity contribution >= 4 is 53.4 Å². The zero-order valence-electron chi connectivity index (χ0n) is 13.9. The van der Waals surface area contributed by atoms with Crippen molar-refractivity contribution in [2.45, 2.75) is 51.0 Å². The Morgan fingerprint density at radius 1 is 1.12 bits per heavy atom. The van der Waals surface area contributed by atoms with Crippen LogP contribution in [0.15, 0.2) is 10.8 Å². The van der Waals surface area contributed by atoms with Crippen molar-refractivity contribution in [3.05, 3.63) is 32.2 Å². The summed E-state index contributed by atoms with van der Waals surface area (Å²) in [5, 5.41) is 8.74. The van der Waals surface area contributed by atoms with E-state index in [0.29, 0.717) is 24.7 Å². The molecule has 0 aliphatic heterocycles. The van der Waals surface area contributed by atoms with E-state index in [1.54, 1.807) is 16.7 Å². The molecular formula is C16H24Cl2N4OS2. The van der Waals surface area contributed by atoms with Gasteiger partial charge < -0.3 is 11.1 Å². The van der Waals surface area contributed by atoms with Gasteiger partial charge in [-0.1, -0.05) is 19.3 Å². The van der Waals surface area contributed by atoms with Crippen LogP contribution in [0, 0.1) is 0 Å². The van der Waals surface area contributed by atoms with Gasteiger partial charge in [0.2, 0.25) is 0 Å². The molecule has 0 atom stereocenters. The SMILES string of the molecule is Cl.Cl.NCc1nc(C(=O)NCCc2nc(C3CCCCC3)cs2)cs1. The van der Waals surface area contributed by atoms with Gasteiger partial charge in [0.15, 0.2) is 0 Å². The van der Waals surface area contributed by atoms with Gasteiger partial charge in [0.25, 0.3) is 5.91 Å². The van der Waals surface area contributed by atoms with Crippen molar-refractivity contribution in [3.63, 3.8) is 0 Å². The summed E-state index contributed by atoms with van der Waals surface area (Å²) in [4.78, 5) is 20.9. The van der Waals surface area contributed by atoms with E-state index in [1.165, 1.54) is 49.1 Å². The van der Waals surface area contributed by atoms with Gasteiger partial charge in [0.1, 0.15) is 10.7 Å². The molecule has 0 saturated heterocycles. The second kappa shape index (κ2) is 11.1. The molecule has 0 radical (unpaired) electrons. The fourth-order valence-corrected chi connectivity index (χ4v) is 4.44. The van der Waals surface area contributed by atoms with E-state index < -0.39 is 0 Å². The molecule has 1 aliphatic carbocycles. The van der Waals surface area contributed by atoms with Crippen LogP contribution < -0.4 is 11.1 Å². The van der Waals surface area contributed by atoms with Crippen LogP contribution in [-0.4, -0.2) is 22.4 Å². The molecule has 2 aromatic rings. The summed E-state index contributed by atoms with van der Waals surface area (Å²) >= 11 is 3.13. The van der Waals surface area contributed by atoms with Gasteiger partial charge in [0, 0.05) is 36.2 Å². The molecule has 1 fully saturated rings. The highest BCUT2D eigenvalue weighted by atomic mass is 35.5. The van der Waals surface area contributed by atoms with E-state index in [2.05, 4.69) is 15.7 Å². The van der Waals surface area contributed by atoms with Crippen molar-refractivity contribution in [2.24, 2.45) is 5.73 Å². The Kier molecular flexibility index (Phi) is 9.89. The fraction of sp³-hybridized carbons (Fsp3) is 0.562. The molecule has 1 amide bonds. The average Bonchev–Trinajstić information content (AvgIpc) is 3.25. The van der Waals surface area contributed by atoms with Crippen LogP contribution in [-0.2, 0) is 13.0 Å². The molecule has 3 N–H and O–H groups in total. The number of thiazole rings is 2. The van der Waals surface area contributed by atoms with Gasteiger partial charge in [-0.25, -0.2) is 9.97 Å². The molecule has 0 aromatic carbocycles. The van der Waals surface area contributed by atoms with Crippen LogP contribution >= 0.6 is 47.5 Å². The second-order valence-electron chi connectivity index (χ2n) is 5.84. The largest absolute Gasteiger partial charge is 0.350 e. The monoisotopic (exact) mass is 422 g/mol. The third-order valence-corrected chi connectivity index (χ3v) is 5.97. The number of carbonyl (C=O) groups excluding carboxylic acids is 1. The first-order chi connectivity index (χ1) is 11.3. The molecule has 5 nitrogen and oxygen atoms in total. The molecular weight excluding hydrogens is 399 g/mol. The number of hydrogen-bond donors (Lipinski definition) is 2. The maximum Gasteiger partial charge on any atom is 0.270 e. The number of halogens is 2. The van der Waals surface area contributed by atoms with Crippen LogP contribution in [0.5, 0.6) is 0 Å². The van der Waals surface area contributed by atoms with Crippen molar-refractivity contribution in [1.82, 2.24) is 15.3 Å². The lowest BCUT2D eigenvalue weighted by atomic mass is 9.87. The molecule has 0 unspecified atom stereocenters. The molecule has 140 valence electrons. The third kappa shape index (κ3) is 6.18. The third-order valence-electron chi connectivity index (χ3n) is 4.18. The van der Waals surface area contributed by atoms with Crippen LogP contribution in [0.3, 0.4) is 0 Å². The van der Waals surface area contributed by atoms with Gasteiger partial charge in [0.05, 0.1) is 10.7 Å². The quantitative estimate of drug-likeness (QED) is 0.738. The van der Waals surface area contributed by atoms with Gasteiger partial charge in [-0.05, 0) is 12.8 Å². The van der Waals surface area contributed by atoms with Crippen LogP contribution in [0.2, 0.25) is 0 Å². The Bertz CT molecular complexity index is 656. The topological polar surface area (TPSA) is 80.9 Å². The van der Waals surface area contributed by atoms with Gasteiger partial charge in [-0.3, -0.25) is 4.79 Å². The first-order valence-corrected chi connectivity index (χ1v) is 9.89. The van der Waals surface area contributed by atoms with Gasteiger partial charge in [-0.2, -0.15) is 0 Å². The molecule has 9 heteroatoms. The minimum Gasteiger partial charge on any atom is -0.350 e. The summed E-state index contributed by atoms with van der Waals surface area (Å²) < 4.78 is 0. The highest BCUT2D eigenvalue weighted by Gasteiger charge is 2.18. The standard InChI is InChI=1S/C16H22N4OS2.2ClH/c17-8-15-20-13(10-23-15)16(21)18-7-6-14-19-12(9-22-14)11-4-2-1-3-5-11;;/h9-11H,1-8,17H2,(H,18,21);2*1H. The molecule has 1 saturated carbocycles. The van der Waals surface area contributed by atoms with E-state index in [0.717, 1.165) is 16.4 Å². The first kappa shape index (κ1) is 22.3. The number of rotatable bonds is 6. The number of carbonyl (C=O) groups is 1. The van der Waals surface area contributed by atoms with Crippen molar-refractivity contribution in [3.8, 4) is 0 Å². The Labute approximate surface area is 168 Å². The van der Waals surface area contributed by atoms with E-state index in [1.807, 2.05) is 0 Å². The summed E-state index contributed by atoms with van der Waals surface area (Å²) in [6, 6.07) is 0. The predicted octanol–water partition coefficient (Wildman–Crippen LogP) is 3.92. The lowest BCUT2D eigenvalue weighted by molar-refractivity contribution is 0.0949. The molecule has 2 aromatic heterocycles. The molecule has 25 heavy (non-hydrogen) atoms. The summed E-state index contributed by atoms with van der Waals surface area (Å²) in [6.07, 6.45) is 7.33. The highest BCUT2D eigenvalue weighted by molar-refractivity contribution is 7.10. The van der Waals surface area contributed by atoms with Crippen LogP contribution in [0.4, 0.5) is 0 Å². The van der Waals surface area contributed by atoms with Crippen molar-refractivity contribution in [1.29, 1.82) is 0 Å². The summed E-state index contributed by atoms with van der Waals surface area (Å²) in [5.41, 5.74) is 7.22. The van der Waals surface area contributed by atoms with Crippen LogP contribution in [0.1, 0.15) is 64.2 Å². The van der Waals surface area contributed by atoms with Crippen molar-refractivity contribution < 1.29 is 4.79 Å². The highest BCUT2D eigenvalue weighted by Crippen LogP contribution is 2.33. The van der Waals surface area contributed by atoms with E-state index in [-0.39, 0.29) is 30.7 Å². The zero-order valence-corrected chi connectivity index (χ0v) is 17.2. The first-order valence-electron chi connectivity index (χ1n) is 8.13. The smallest absolute Gasteiger partial charge is 0.270 e. The Balaban J connectivity index is 0.00000156. The zero-order chi connectivity index (χ0) is 16.1. The Morgan fingerprint density at radius 2 is 1.84 bits per heavy atom. The Hall–Kier alpha value is -0.730. The number of nitrogens with two attached hydrogens (primary N) is 1. The minimum atomic E-state index is -0.134. The minimum absolute atomic E-state index is 0.